The fraction of sp³-hybridized carbons (Fsp3) is 0.300. The van der Waals surface area contributed by atoms with E-state index in [2.05, 4.69) is 27.3 Å². The van der Waals surface area contributed by atoms with Crippen LogP contribution in [0.3, 0.4) is 0 Å². The molecular weight excluding hydrogens is 514 g/mol. The Kier molecular flexibility index (Phi) is 8.18. The fourth-order valence-electron chi connectivity index (χ4n) is 4.87. The van der Waals surface area contributed by atoms with Crippen LogP contribution in [0.2, 0.25) is 0 Å². The largest absolute Gasteiger partial charge is 0.497 e. The Morgan fingerprint density at radius 1 is 0.872 bits per heavy atom. The second-order valence-electron chi connectivity index (χ2n) is 9.46. The van der Waals surface area contributed by atoms with Gasteiger partial charge in [0, 0.05) is 12.1 Å². The zero-order chi connectivity index (χ0) is 27.2. The molecule has 0 aliphatic carbocycles. The van der Waals surface area contributed by atoms with Crippen molar-refractivity contribution < 1.29 is 22.3 Å². The number of benzene rings is 3. The predicted molar refractivity (Wildman–Crippen MR) is 150 cm³/mol. The topological polar surface area (TPSA) is 93.9 Å². The van der Waals surface area contributed by atoms with Crippen molar-refractivity contribution in [2.45, 2.75) is 35.2 Å². The number of oxazole rings is 1. The van der Waals surface area contributed by atoms with Gasteiger partial charge in [-0.2, -0.15) is 4.98 Å². The number of nitrogens with zero attached hydrogens (tertiary/aromatic N) is 2. The van der Waals surface area contributed by atoms with Crippen LogP contribution in [0.4, 0.5) is 5.88 Å². The fourth-order valence-corrected chi connectivity index (χ4v) is 6.17. The highest BCUT2D eigenvalue weighted by Crippen LogP contribution is 2.34. The van der Waals surface area contributed by atoms with Gasteiger partial charge in [0.1, 0.15) is 11.5 Å². The number of nitrogens with one attached hydrogen (secondary N) is 1. The molecule has 8 nitrogen and oxygen atoms in total. The number of hydrogen-bond acceptors (Lipinski definition) is 8. The average Bonchev–Trinajstić information content (AvgIpc) is 3.44. The van der Waals surface area contributed by atoms with E-state index in [0.29, 0.717) is 17.9 Å². The number of ether oxygens (including phenoxy) is 2. The summed E-state index contributed by atoms with van der Waals surface area (Å²) < 4.78 is 44.1. The number of anilines is 1. The van der Waals surface area contributed by atoms with Gasteiger partial charge in [0.25, 0.3) is 0 Å². The zero-order valence-corrected chi connectivity index (χ0v) is 23.0. The average molecular weight is 548 g/mol. The minimum Gasteiger partial charge on any atom is -0.497 e. The van der Waals surface area contributed by atoms with Crippen molar-refractivity contribution in [2.24, 2.45) is 0 Å². The molecule has 1 N–H and O–H groups in total. The number of aromatic nitrogens is 1. The maximum Gasteiger partial charge on any atom is 0.233 e. The molecule has 1 atom stereocenters. The van der Waals surface area contributed by atoms with Gasteiger partial charge in [0.2, 0.25) is 26.6 Å². The molecule has 0 saturated carbocycles. The van der Waals surface area contributed by atoms with Crippen molar-refractivity contribution in [3.8, 4) is 23.0 Å². The molecule has 1 saturated heterocycles. The minimum atomic E-state index is -3.94. The van der Waals surface area contributed by atoms with Crippen molar-refractivity contribution in [1.82, 2.24) is 9.88 Å². The number of sulfone groups is 1. The highest BCUT2D eigenvalue weighted by molar-refractivity contribution is 7.91. The maximum atomic E-state index is 13.7. The minimum absolute atomic E-state index is 0.0121. The molecule has 9 heteroatoms. The number of rotatable bonds is 10. The monoisotopic (exact) mass is 547 g/mol. The normalized spacial score (nSPS) is 15.0. The molecule has 1 aliphatic rings. The third kappa shape index (κ3) is 5.94. The van der Waals surface area contributed by atoms with Crippen LogP contribution in [-0.4, -0.2) is 52.2 Å². The molecule has 0 spiro atoms. The molecule has 1 unspecified atom stereocenters. The summed E-state index contributed by atoms with van der Waals surface area (Å²) in [5.74, 6) is 1.82. The predicted octanol–water partition coefficient (Wildman–Crippen LogP) is 5.83. The van der Waals surface area contributed by atoms with Crippen molar-refractivity contribution >= 4 is 15.7 Å². The summed E-state index contributed by atoms with van der Waals surface area (Å²) in [7, 11) is -0.696. The van der Waals surface area contributed by atoms with E-state index in [-0.39, 0.29) is 27.7 Å². The lowest BCUT2D eigenvalue weighted by atomic mass is 10.0. The molecule has 0 radical (unpaired) electrons. The Morgan fingerprint density at radius 2 is 1.49 bits per heavy atom. The third-order valence-electron chi connectivity index (χ3n) is 7.03. The molecule has 1 fully saturated rings. The lowest BCUT2D eigenvalue weighted by Crippen LogP contribution is -2.37. The van der Waals surface area contributed by atoms with Gasteiger partial charge in [-0.3, -0.25) is 4.90 Å². The van der Waals surface area contributed by atoms with Crippen molar-refractivity contribution in [1.29, 1.82) is 0 Å². The maximum absolute atomic E-state index is 13.7. The Hall–Kier alpha value is -3.82. The third-order valence-corrected chi connectivity index (χ3v) is 8.71. The Morgan fingerprint density at radius 3 is 2.10 bits per heavy atom. The first kappa shape index (κ1) is 26.8. The van der Waals surface area contributed by atoms with E-state index >= 15 is 0 Å². The number of piperidine rings is 1. The molecule has 0 bridgehead atoms. The Balaban J connectivity index is 1.50. The van der Waals surface area contributed by atoms with Gasteiger partial charge in [-0.05, 0) is 80.0 Å². The van der Waals surface area contributed by atoms with E-state index in [1.807, 2.05) is 12.1 Å². The summed E-state index contributed by atoms with van der Waals surface area (Å²) in [5.41, 5.74) is 1.77. The summed E-state index contributed by atoms with van der Waals surface area (Å²) in [6.07, 6.45) is 3.47. The van der Waals surface area contributed by atoms with Crippen LogP contribution in [0.15, 0.2) is 93.2 Å². The van der Waals surface area contributed by atoms with Crippen LogP contribution in [-0.2, 0) is 9.84 Å². The second kappa shape index (κ2) is 11.9. The van der Waals surface area contributed by atoms with Crippen molar-refractivity contribution in [3.63, 3.8) is 0 Å². The van der Waals surface area contributed by atoms with Gasteiger partial charge in [-0.1, -0.05) is 36.8 Å². The lowest BCUT2D eigenvalue weighted by molar-refractivity contribution is 0.170. The molecule has 5 rings (SSSR count). The second-order valence-corrected chi connectivity index (χ2v) is 11.3. The van der Waals surface area contributed by atoms with E-state index in [1.54, 1.807) is 68.8 Å². The highest BCUT2D eigenvalue weighted by Gasteiger charge is 2.30. The molecule has 204 valence electrons. The van der Waals surface area contributed by atoms with E-state index < -0.39 is 9.84 Å². The molecule has 1 aliphatic heterocycles. The van der Waals surface area contributed by atoms with E-state index in [1.165, 1.54) is 6.42 Å². The molecule has 0 amide bonds. The molecule has 39 heavy (non-hydrogen) atoms. The molecule has 1 aromatic heterocycles. The van der Waals surface area contributed by atoms with Gasteiger partial charge in [-0.15, -0.1) is 0 Å². The number of methoxy groups -OCH3 is 2. The first-order valence-corrected chi connectivity index (χ1v) is 14.5. The molecular formula is C30H33N3O5S. The van der Waals surface area contributed by atoms with Crippen LogP contribution in [0, 0.1) is 0 Å². The zero-order valence-electron chi connectivity index (χ0n) is 22.2. The van der Waals surface area contributed by atoms with Gasteiger partial charge in [0.15, 0.2) is 0 Å². The van der Waals surface area contributed by atoms with Crippen LogP contribution < -0.4 is 14.8 Å². The summed E-state index contributed by atoms with van der Waals surface area (Å²) in [5, 5.41) is 3.19. The Labute approximate surface area is 229 Å². The quantitative estimate of drug-likeness (QED) is 0.265. The Bertz CT molecular complexity index is 1460. The van der Waals surface area contributed by atoms with Crippen molar-refractivity contribution in [2.75, 3.05) is 39.2 Å². The van der Waals surface area contributed by atoms with Crippen molar-refractivity contribution in [3.05, 3.63) is 84.4 Å². The highest BCUT2D eigenvalue weighted by atomic mass is 32.2. The summed E-state index contributed by atoms with van der Waals surface area (Å²) >= 11 is 0. The first-order chi connectivity index (χ1) is 19.0. The molecule has 4 aromatic rings. The first-order valence-electron chi connectivity index (χ1n) is 13.1. The number of likely N-dealkylation sites (tertiary alicyclic amines) is 1. The summed E-state index contributed by atoms with van der Waals surface area (Å²) in [6.45, 7) is 2.39. The van der Waals surface area contributed by atoms with Crippen LogP contribution in [0.1, 0.15) is 30.9 Å². The van der Waals surface area contributed by atoms with Crippen LogP contribution in [0.25, 0.3) is 11.5 Å². The van der Waals surface area contributed by atoms with Gasteiger partial charge in [0.05, 0.1) is 25.2 Å². The SMILES string of the molecule is COc1ccc(-c2nc(S(=O)(=O)c3ccccc3)c(NCC(c3ccc(OC)cc3)N3CCCCC3)o2)cc1. The summed E-state index contributed by atoms with van der Waals surface area (Å²) in [6, 6.07) is 23.5. The van der Waals surface area contributed by atoms with Crippen LogP contribution in [0.5, 0.6) is 11.5 Å². The van der Waals surface area contributed by atoms with Gasteiger partial charge in [-0.25, -0.2) is 8.42 Å². The standard InChI is InChI=1S/C30H33N3O5S/c1-36-24-15-11-22(12-16-24)27(33-19-7-4-8-20-33)21-31-29-30(39(34,35)26-9-5-3-6-10-26)32-28(38-29)23-13-17-25(37-2)18-14-23/h3,5-6,9-18,27,31H,4,7-8,19-21H2,1-2H3. The van der Waals surface area contributed by atoms with Gasteiger partial charge >= 0.3 is 0 Å². The number of hydrogen-bond donors (Lipinski definition) is 1. The molecule has 2 heterocycles. The van der Waals surface area contributed by atoms with E-state index in [0.717, 1.165) is 37.2 Å². The van der Waals surface area contributed by atoms with E-state index in [4.69, 9.17) is 13.9 Å². The van der Waals surface area contributed by atoms with Crippen LogP contribution >= 0.6 is 0 Å². The lowest BCUT2D eigenvalue weighted by Gasteiger charge is -2.35. The van der Waals surface area contributed by atoms with Gasteiger partial charge < -0.3 is 19.2 Å². The smallest absolute Gasteiger partial charge is 0.233 e. The van der Waals surface area contributed by atoms with E-state index in [9.17, 15) is 8.42 Å². The molecule has 3 aromatic carbocycles. The summed E-state index contributed by atoms with van der Waals surface area (Å²) in [4.78, 5) is 7.07.